The summed E-state index contributed by atoms with van der Waals surface area (Å²) in [5.74, 6) is -0.967. The van der Waals surface area contributed by atoms with E-state index in [4.69, 9.17) is 19.5 Å². The third kappa shape index (κ3) is 6.25. The molecule has 3 N–H and O–H groups in total. The number of hydrogen-bond acceptors (Lipinski definition) is 8. The third-order valence-electron chi connectivity index (χ3n) is 4.80. The summed E-state index contributed by atoms with van der Waals surface area (Å²) in [6.07, 6.45) is 2.00. The van der Waals surface area contributed by atoms with Gasteiger partial charge in [0.1, 0.15) is 17.1 Å². The number of benzene rings is 1. The van der Waals surface area contributed by atoms with Crippen LogP contribution >= 0.6 is 7.82 Å². The number of nitrogens with zero attached hydrogens (tertiary/aromatic N) is 3. The monoisotopic (exact) mass is 505 g/mol. The summed E-state index contributed by atoms with van der Waals surface area (Å²) in [7, 11) is -3.11. The number of phosphoric ester groups is 1. The lowest BCUT2D eigenvalue weighted by Gasteiger charge is -2.09. The number of pyridine rings is 2. The summed E-state index contributed by atoms with van der Waals surface area (Å²) in [5, 5.41) is 4.07. The molecule has 182 valence electrons. The largest absolute Gasteiger partial charge is 0.475 e. The van der Waals surface area contributed by atoms with Crippen LogP contribution in [0.2, 0.25) is 0 Å². The minimum absolute atomic E-state index is 0.191. The molecule has 0 fully saturated rings. The summed E-state index contributed by atoms with van der Waals surface area (Å²) < 4.78 is 59.5. The van der Waals surface area contributed by atoms with Crippen LogP contribution < -0.4 is 15.0 Å². The zero-order valence-electron chi connectivity index (χ0n) is 18.3. The van der Waals surface area contributed by atoms with E-state index in [9.17, 15) is 18.2 Å². The van der Waals surface area contributed by atoms with E-state index in [1.807, 2.05) is 0 Å². The Kier molecular flexibility index (Phi) is 7.17. The molecular formula is C22H20F2N4O6P+. The van der Waals surface area contributed by atoms with Crippen molar-refractivity contribution in [2.45, 2.75) is 13.2 Å². The molecule has 1 aromatic carbocycles. The second-order valence-electron chi connectivity index (χ2n) is 7.24. The molecule has 0 amide bonds. The molecule has 0 aliphatic heterocycles. The molecule has 10 nitrogen and oxygen atoms in total. The van der Waals surface area contributed by atoms with E-state index >= 15 is 0 Å². The van der Waals surface area contributed by atoms with Gasteiger partial charge in [-0.3, -0.25) is 10.3 Å². The molecule has 0 spiro atoms. The SMILES string of the molecule is COP(=O)(O)OC[n+]1cccc(-c2cc(Cc3ccc(Oc4cc(F)cc(F)n4)cc3)no2)c1N. The van der Waals surface area contributed by atoms with Gasteiger partial charge in [-0.05, 0) is 29.8 Å². The van der Waals surface area contributed by atoms with Crippen LogP contribution in [0.15, 0.2) is 65.3 Å². The van der Waals surface area contributed by atoms with E-state index in [1.54, 1.807) is 48.7 Å². The average Bonchev–Trinajstić information content (AvgIpc) is 3.27. The minimum Gasteiger partial charge on any atom is -0.439 e. The van der Waals surface area contributed by atoms with E-state index in [2.05, 4.69) is 14.7 Å². The van der Waals surface area contributed by atoms with Crippen LogP contribution in [-0.2, 0) is 26.8 Å². The second kappa shape index (κ2) is 10.3. The Balaban J connectivity index is 1.44. The third-order valence-corrected chi connectivity index (χ3v) is 5.70. The van der Waals surface area contributed by atoms with Crippen LogP contribution in [0, 0.1) is 11.8 Å². The van der Waals surface area contributed by atoms with Crippen molar-refractivity contribution in [1.82, 2.24) is 10.1 Å². The molecule has 0 saturated heterocycles. The number of anilines is 1. The summed E-state index contributed by atoms with van der Waals surface area (Å²) in [4.78, 5) is 12.9. The van der Waals surface area contributed by atoms with E-state index in [-0.39, 0.29) is 18.4 Å². The van der Waals surface area contributed by atoms with Crippen molar-refractivity contribution in [3.05, 3.63) is 83.8 Å². The molecule has 3 aromatic heterocycles. The van der Waals surface area contributed by atoms with Gasteiger partial charge in [0, 0.05) is 31.7 Å². The molecule has 0 aliphatic carbocycles. The molecule has 1 unspecified atom stereocenters. The van der Waals surface area contributed by atoms with Gasteiger partial charge in [0.25, 0.3) is 5.82 Å². The van der Waals surface area contributed by atoms with Gasteiger partial charge in [-0.2, -0.15) is 9.37 Å². The highest BCUT2D eigenvalue weighted by Crippen LogP contribution is 2.41. The molecule has 35 heavy (non-hydrogen) atoms. The van der Waals surface area contributed by atoms with Crippen molar-refractivity contribution in [2.24, 2.45) is 0 Å². The Hall–Kier alpha value is -3.70. The molecule has 0 bridgehead atoms. The second-order valence-corrected chi connectivity index (χ2v) is 8.80. The van der Waals surface area contributed by atoms with Gasteiger partial charge in [0.05, 0.1) is 11.9 Å². The van der Waals surface area contributed by atoms with Crippen molar-refractivity contribution in [2.75, 3.05) is 12.8 Å². The number of aromatic nitrogens is 3. The van der Waals surface area contributed by atoms with Gasteiger partial charge in [-0.25, -0.2) is 18.0 Å². The zero-order chi connectivity index (χ0) is 25.0. The van der Waals surface area contributed by atoms with Crippen molar-refractivity contribution in [3.8, 4) is 23.0 Å². The Morgan fingerprint density at radius 1 is 1.17 bits per heavy atom. The highest BCUT2D eigenvalue weighted by atomic mass is 31.2. The van der Waals surface area contributed by atoms with Gasteiger partial charge < -0.3 is 14.2 Å². The number of nitrogens with two attached hydrogens (primary N) is 1. The molecule has 0 saturated carbocycles. The van der Waals surface area contributed by atoms with Crippen LogP contribution in [0.1, 0.15) is 11.3 Å². The lowest BCUT2D eigenvalue weighted by atomic mass is 10.1. The number of phosphoric acid groups is 1. The summed E-state index contributed by atoms with van der Waals surface area (Å²) >= 11 is 0. The fraction of sp³-hybridized carbons (Fsp3) is 0.136. The normalized spacial score (nSPS) is 12.9. The van der Waals surface area contributed by atoms with Gasteiger partial charge in [-0.1, -0.05) is 17.3 Å². The van der Waals surface area contributed by atoms with Crippen molar-refractivity contribution < 1.29 is 41.1 Å². The smallest absolute Gasteiger partial charge is 0.439 e. The fourth-order valence-corrected chi connectivity index (χ4v) is 3.47. The first-order valence-electron chi connectivity index (χ1n) is 10.1. The number of nitrogen functional groups attached to an aromatic ring is 1. The Labute approximate surface area is 198 Å². The standard InChI is InChI=1S/C22H19F2N4O6P/c1-31-35(29,30)32-13-28-8-2-3-18(22(28)25)19-12-16(27-34-19)9-14-4-6-17(7-5-14)33-21-11-15(23)10-20(24)26-21/h2-8,10-12,25H,9,13H2,1H3,(H,29,30)/p+1. The van der Waals surface area contributed by atoms with Crippen molar-refractivity contribution in [1.29, 1.82) is 0 Å². The molecule has 13 heteroatoms. The maximum atomic E-state index is 13.3. The van der Waals surface area contributed by atoms with E-state index in [1.165, 1.54) is 4.57 Å². The number of ether oxygens (including phenoxy) is 1. The first-order valence-corrected chi connectivity index (χ1v) is 11.6. The van der Waals surface area contributed by atoms with Gasteiger partial charge >= 0.3 is 7.82 Å². The van der Waals surface area contributed by atoms with E-state index < -0.39 is 19.6 Å². The van der Waals surface area contributed by atoms with Gasteiger partial charge in [-0.15, -0.1) is 0 Å². The van der Waals surface area contributed by atoms with E-state index in [0.717, 1.165) is 18.7 Å². The van der Waals surface area contributed by atoms with Crippen LogP contribution in [0.3, 0.4) is 0 Å². The maximum absolute atomic E-state index is 13.3. The fourth-order valence-electron chi connectivity index (χ4n) is 3.10. The first-order chi connectivity index (χ1) is 16.7. The van der Waals surface area contributed by atoms with E-state index in [0.29, 0.717) is 35.3 Å². The molecule has 3 heterocycles. The zero-order valence-corrected chi connectivity index (χ0v) is 19.2. The predicted octanol–water partition coefficient (Wildman–Crippen LogP) is 3.99. The molecular weight excluding hydrogens is 485 g/mol. The number of rotatable bonds is 9. The average molecular weight is 505 g/mol. The highest BCUT2D eigenvalue weighted by Gasteiger charge is 2.22. The van der Waals surface area contributed by atoms with Crippen LogP contribution in [0.5, 0.6) is 11.6 Å². The molecule has 4 rings (SSSR count). The summed E-state index contributed by atoms with van der Waals surface area (Å²) in [6, 6.07) is 13.6. The molecule has 0 aliphatic rings. The van der Waals surface area contributed by atoms with Crippen LogP contribution in [0.25, 0.3) is 11.3 Å². The van der Waals surface area contributed by atoms with Crippen molar-refractivity contribution in [3.63, 3.8) is 0 Å². The Morgan fingerprint density at radius 3 is 2.66 bits per heavy atom. The molecule has 0 radical (unpaired) electrons. The van der Waals surface area contributed by atoms with Crippen LogP contribution in [-0.4, -0.2) is 22.1 Å². The predicted molar refractivity (Wildman–Crippen MR) is 118 cm³/mol. The quantitative estimate of drug-likeness (QED) is 0.197. The van der Waals surface area contributed by atoms with Crippen molar-refractivity contribution >= 4 is 13.6 Å². The Morgan fingerprint density at radius 2 is 1.94 bits per heavy atom. The first kappa shape index (κ1) is 24.4. The molecule has 4 aromatic rings. The van der Waals surface area contributed by atoms with Crippen LogP contribution in [0.4, 0.5) is 14.6 Å². The molecule has 1 atom stereocenters. The summed E-state index contributed by atoms with van der Waals surface area (Å²) in [5.41, 5.74) is 8.17. The maximum Gasteiger partial charge on any atom is 0.475 e. The lowest BCUT2D eigenvalue weighted by molar-refractivity contribution is -0.711. The number of halogens is 2. The van der Waals surface area contributed by atoms with Gasteiger partial charge in [0.15, 0.2) is 5.76 Å². The number of hydrogen-bond donors (Lipinski definition) is 2. The topological polar surface area (TPSA) is 134 Å². The summed E-state index contributed by atoms with van der Waals surface area (Å²) in [6.45, 7) is -0.311. The van der Waals surface area contributed by atoms with Gasteiger partial charge in [0.2, 0.25) is 18.6 Å². The Bertz CT molecular complexity index is 1360. The highest BCUT2D eigenvalue weighted by molar-refractivity contribution is 7.47. The minimum atomic E-state index is -4.17. The lowest BCUT2D eigenvalue weighted by Crippen LogP contribution is -2.38.